The number of amides is 1. The molecular formula is C14H27N3O2. The van der Waals surface area contributed by atoms with Crippen molar-refractivity contribution in [2.24, 2.45) is 5.92 Å². The predicted octanol–water partition coefficient (Wildman–Crippen LogP) is 0.165. The molecule has 0 spiro atoms. The fraction of sp³-hybridized carbons (Fsp3) is 0.929. The first kappa shape index (κ1) is 14.8. The van der Waals surface area contributed by atoms with Gasteiger partial charge in [0, 0.05) is 51.8 Å². The molecule has 0 saturated carbocycles. The highest BCUT2D eigenvalue weighted by atomic mass is 16.5. The Morgan fingerprint density at radius 2 is 2.11 bits per heavy atom. The second-order valence-electron chi connectivity index (χ2n) is 5.72. The number of ether oxygens (including phenoxy) is 1. The van der Waals surface area contributed by atoms with Crippen LogP contribution in [0.15, 0.2) is 0 Å². The Balaban J connectivity index is 1.70. The molecule has 2 atom stereocenters. The molecule has 1 amide bonds. The van der Waals surface area contributed by atoms with E-state index in [1.54, 1.807) is 0 Å². The van der Waals surface area contributed by atoms with Crippen molar-refractivity contribution in [2.75, 3.05) is 52.9 Å². The Hall–Kier alpha value is -0.650. The molecule has 0 aromatic carbocycles. The topological polar surface area (TPSA) is 44.8 Å². The Morgan fingerprint density at radius 3 is 2.68 bits per heavy atom. The van der Waals surface area contributed by atoms with Crippen LogP contribution in [0.25, 0.3) is 0 Å². The maximum Gasteiger partial charge on any atom is 0.226 e. The van der Waals surface area contributed by atoms with Gasteiger partial charge in [0.1, 0.15) is 0 Å². The van der Waals surface area contributed by atoms with Gasteiger partial charge in [-0.15, -0.1) is 0 Å². The van der Waals surface area contributed by atoms with Crippen molar-refractivity contribution >= 4 is 5.91 Å². The zero-order chi connectivity index (χ0) is 13.7. The van der Waals surface area contributed by atoms with Crippen molar-refractivity contribution < 1.29 is 9.53 Å². The second-order valence-corrected chi connectivity index (χ2v) is 5.72. The van der Waals surface area contributed by atoms with E-state index in [0.29, 0.717) is 6.10 Å². The van der Waals surface area contributed by atoms with E-state index in [1.807, 2.05) is 18.9 Å². The molecular weight excluding hydrogens is 242 g/mol. The summed E-state index contributed by atoms with van der Waals surface area (Å²) in [7, 11) is 1.89. The van der Waals surface area contributed by atoms with Crippen LogP contribution in [-0.2, 0) is 9.53 Å². The summed E-state index contributed by atoms with van der Waals surface area (Å²) in [6, 6.07) is 0. The van der Waals surface area contributed by atoms with E-state index in [1.165, 1.54) is 12.8 Å². The molecule has 2 aliphatic heterocycles. The number of piperazine rings is 1. The number of hydrogen-bond donors (Lipinski definition) is 1. The lowest BCUT2D eigenvalue weighted by atomic mass is 10.1. The van der Waals surface area contributed by atoms with Crippen LogP contribution in [0.4, 0.5) is 0 Å². The minimum absolute atomic E-state index is 0.0784. The van der Waals surface area contributed by atoms with Gasteiger partial charge in [0.15, 0.2) is 0 Å². The molecule has 0 aromatic heterocycles. The first-order valence-electron chi connectivity index (χ1n) is 7.48. The fourth-order valence-electron chi connectivity index (χ4n) is 2.93. The summed E-state index contributed by atoms with van der Waals surface area (Å²) in [5, 5.41) is 3.07. The molecule has 2 saturated heterocycles. The summed E-state index contributed by atoms with van der Waals surface area (Å²) in [5.41, 5.74) is 0. The monoisotopic (exact) mass is 269 g/mol. The Morgan fingerprint density at radius 1 is 1.37 bits per heavy atom. The van der Waals surface area contributed by atoms with Gasteiger partial charge in [0.05, 0.1) is 6.10 Å². The van der Waals surface area contributed by atoms with Gasteiger partial charge >= 0.3 is 0 Å². The number of carbonyl (C=O) groups is 1. The molecule has 110 valence electrons. The van der Waals surface area contributed by atoms with Crippen LogP contribution >= 0.6 is 0 Å². The van der Waals surface area contributed by atoms with Gasteiger partial charge in [-0.05, 0) is 19.9 Å². The lowest BCUT2D eigenvalue weighted by molar-refractivity contribution is -0.136. The number of carbonyl (C=O) groups excluding carboxylic acids is 1. The third-order valence-corrected chi connectivity index (χ3v) is 4.10. The fourth-order valence-corrected chi connectivity index (χ4v) is 2.93. The molecule has 19 heavy (non-hydrogen) atoms. The van der Waals surface area contributed by atoms with E-state index >= 15 is 0 Å². The summed E-state index contributed by atoms with van der Waals surface area (Å²) in [6.07, 6.45) is 2.81. The summed E-state index contributed by atoms with van der Waals surface area (Å²) in [4.78, 5) is 16.6. The average Bonchev–Trinajstić information content (AvgIpc) is 2.92. The molecule has 0 radical (unpaired) electrons. The zero-order valence-corrected chi connectivity index (χ0v) is 12.2. The van der Waals surface area contributed by atoms with Crippen LogP contribution < -0.4 is 5.32 Å². The van der Waals surface area contributed by atoms with E-state index in [4.69, 9.17) is 4.74 Å². The van der Waals surface area contributed by atoms with Crippen LogP contribution in [0.2, 0.25) is 0 Å². The van der Waals surface area contributed by atoms with Gasteiger partial charge in [0.2, 0.25) is 5.91 Å². The molecule has 2 rings (SSSR count). The Kier molecular flexibility index (Phi) is 5.60. The lowest BCUT2D eigenvalue weighted by Gasteiger charge is -2.36. The molecule has 0 bridgehead atoms. The van der Waals surface area contributed by atoms with Gasteiger partial charge < -0.3 is 15.0 Å². The van der Waals surface area contributed by atoms with Crippen LogP contribution in [0, 0.1) is 5.92 Å². The second kappa shape index (κ2) is 7.22. The van der Waals surface area contributed by atoms with Gasteiger partial charge in [-0.2, -0.15) is 0 Å². The highest BCUT2D eigenvalue weighted by Crippen LogP contribution is 2.15. The Labute approximate surface area is 116 Å². The Bertz CT molecular complexity index is 284. The SMILES string of the molecule is CNCC(C)C(=O)N1CCN(CC2CCCO2)CC1. The first-order valence-corrected chi connectivity index (χ1v) is 7.48. The summed E-state index contributed by atoms with van der Waals surface area (Å²) >= 11 is 0. The number of hydrogen-bond acceptors (Lipinski definition) is 4. The van der Waals surface area contributed by atoms with Crippen molar-refractivity contribution in [3.05, 3.63) is 0 Å². The molecule has 5 nitrogen and oxygen atoms in total. The lowest BCUT2D eigenvalue weighted by Crippen LogP contribution is -2.52. The standard InChI is InChI=1S/C14H27N3O2/c1-12(10-15-2)14(18)17-7-5-16(6-8-17)11-13-4-3-9-19-13/h12-13,15H,3-11H2,1-2H3. The van der Waals surface area contributed by atoms with Crippen molar-refractivity contribution in [2.45, 2.75) is 25.9 Å². The van der Waals surface area contributed by atoms with Crippen molar-refractivity contribution in [3.63, 3.8) is 0 Å². The van der Waals surface area contributed by atoms with Gasteiger partial charge in [-0.1, -0.05) is 6.92 Å². The van der Waals surface area contributed by atoms with E-state index in [-0.39, 0.29) is 11.8 Å². The average molecular weight is 269 g/mol. The zero-order valence-electron chi connectivity index (χ0n) is 12.2. The molecule has 2 heterocycles. The number of nitrogens with zero attached hydrogens (tertiary/aromatic N) is 2. The van der Waals surface area contributed by atoms with Crippen LogP contribution in [-0.4, -0.2) is 74.7 Å². The van der Waals surface area contributed by atoms with E-state index < -0.39 is 0 Å². The van der Waals surface area contributed by atoms with Crippen LogP contribution in [0.5, 0.6) is 0 Å². The third kappa shape index (κ3) is 4.16. The highest BCUT2D eigenvalue weighted by molar-refractivity contribution is 5.78. The molecule has 1 N–H and O–H groups in total. The smallest absolute Gasteiger partial charge is 0.226 e. The van der Waals surface area contributed by atoms with E-state index in [9.17, 15) is 4.79 Å². The van der Waals surface area contributed by atoms with Gasteiger partial charge in [-0.3, -0.25) is 9.69 Å². The number of nitrogens with one attached hydrogen (secondary N) is 1. The molecule has 0 aliphatic carbocycles. The largest absolute Gasteiger partial charge is 0.377 e. The van der Waals surface area contributed by atoms with E-state index in [0.717, 1.165) is 45.9 Å². The van der Waals surface area contributed by atoms with Crippen molar-refractivity contribution in [3.8, 4) is 0 Å². The van der Waals surface area contributed by atoms with Crippen LogP contribution in [0.3, 0.4) is 0 Å². The minimum atomic E-state index is 0.0784. The molecule has 2 fully saturated rings. The molecule has 2 unspecified atom stereocenters. The summed E-state index contributed by atoms with van der Waals surface area (Å²) in [6.45, 7) is 8.40. The minimum Gasteiger partial charge on any atom is -0.377 e. The normalized spacial score (nSPS) is 26.6. The third-order valence-electron chi connectivity index (χ3n) is 4.10. The highest BCUT2D eigenvalue weighted by Gasteiger charge is 2.26. The molecule has 0 aromatic rings. The van der Waals surface area contributed by atoms with Gasteiger partial charge in [0.25, 0.3) is 0 Å². The predicted molar refractivity (Wildman–Crippen MR) is 75.1 cm³/mol. The number of rotatable bonds is 5. The van der Waals surface area contributed by atoms with Crippen molar-refractivity contribution in [1.29, 1.82) is 0 Å². The summed E-state index contributed by atoms with van der Waals surface area (Å²) in [5.74, 6) is 0.362. The summed E-state index contributed by atoms with van der Waals surface area (Å²) < 4.78 is 5.67. The van der Waals surface area contributed by atoms with Crippen molar-refractivity contribution in [1.82, 2.24) is 15.1 Å². The van der Waals surface area contributed by atoms with Gasteiger partial charge in [-0.25, -0.2) is 0 Å². The molecule has 5 heteroatoms. The first-order chi connectivity index (χ1) is 9.20. The maximum absolute atomic E-state index is 12.2. The molecule has 2 aliphatic rings. The van der Waals surface area contributed by atoms with E-state index in [2.05, 4.69) is 10.2 Å². The van der Waals surface area contributed by atoms with Crippen LogP contribution in [0.1, 0.15) is 19.8 Å². The maximum atomic E-state index is 12.2. The quantitative estimate of drug-likeness (QED) is 0.772.